The first-order valence-electron chi connectivity index (χ1n) is 8.64. The van der Waals surface area contributed by atoms with Gasteiger partial charge in [0, 0.05) is 59.4 Å². The average Bonchev–Trinajstić information content (AvgIpc) is 3.19. The second-order valence-corrected chi connectivity index (χ2v) is 8.21. The van der Waals surface area contributed by atoms with Gasteiger partial charge in [-0.25, -0.2) is 18.7 Å². The van der Waals surface area contributed by atoms with Gasteiger partial charge >= 0.3 is 0 Å². The third-order valence-corrected chi connectivity index (χ3v) is 6.15. The van der Waals surface area contributed by atoms with Gasteiger partial charge < -0.3 is 5.11 Å². The van der Waals surface area contributed by atoms with Crippen LogP contribution in [0.2, 0.25) is 0 Å². The first kappa shape index (κ1) is 16.7. The molecule has 0 radical (unpaired) electrons. The summed E-state index contributed by atoms with van der Waals surface area (Å²) in [7, 11) is 1.85. The zero-order valence-electron chi connectivity index (χ0n) is 14.4. The zero-order valence-corrected chi connectivity index (χ0v) is 15.2. The van der Waals surface area contributed by atoms with Crippen LogP contribution in [0.3, 0.4) is 0 Å². The molecule has 1 fully saturated rings. The quantitative estimate of drug-likeness (QED) is 0.569. The SMILES string of the molecule is Cn1cc2cc(-c3ccc4cc([C@@H](O)C5CC(F)(F)C5)sc4n3)cnc2n1. The van der Waals surface area contributed by atoms with E-state index in [1.165, 1.54) is 11.3 Å². The van der Waals surface area contributed by atoms with Gasteiger partial charge in [-0.05, 0) is 24.3 Å². The van der Waals surface area contributed by atoms with E-state index < -0.39 is 12.0 Å². The van der Waals surface area contributed by atoms with Gasteiger partial charge in [0.1, 0.15) is 4.83 Å². The summed E-state index contributed by atoms with van der Waals surface area (Å²) < 4.78 is 27.9. The summed E-state index contributed by atoms with van der Waals surface area (Å²) in [6.45, 7) is 0. The monoisotopic (exact) mass is 386 g/mol. The minimum absolute atomic E-state index is 0.252. The van der Waals surface area contributed by atoms with Crippen molar-refractivity contribution in [3.63, 3.8) is 0 Å². The number of aromatic nitrogens is 4. The number of rotatable bonds is 3. The number of nitrogens with zero attached hydrogens (tertiary/aromatic N) is 4. The maximum atomic E-state index is 13.1. The molecule has 0 spiro atoms. The lowest BCUT2D eigenvalue weighted by Gasteiger charge is -2.37. The number of aryl methyl sites for hydroxylation is 1. The van der Waals surface area contributed by atoms with Crippen LogP contribution in [0.5, 0.6) is 0 Å². The molecule has 0 bridgehead atoms. The van der Waals surface area contributed by atoms with Gasteiger partial charge in [-0.1, -0.05) is 0 Å². The van der Waals surface area contributed by atoms with Crippen LogP contribution >= 0.6 is 11.3 Å². The van der Waals surface area contributed by atoms with Crippen LogP contribution in [0.15, 0.2) is 36.7 Å². The van der Waals surface area contributed by atoms with Crippen molar-refractivity contribution >= 4 is 32.6 Å². The van der Waals surface area contributed by atoms with Crippen molar-refractivity contribution < 1.29 is 13.9 Å². The smallest absolute Gasteiger partial charge is 0.248 e. The number of halogens is 2. The van der Waals surface area contributed by atoms with Gasteiger partial charge in [-0.2, -0.15) is 5.10 Å². The molecule has 0 saturated heterocycles. The van der Waals surface area contributed by atoms with Crippen LogP contribution < -0.4 is 0 Å². The molecule has 8 heteroatoms. The fourth-order valence-electron chi connectivity index (χ4n) is 3.58. The molecule has 138 valence electrons. The number of aliphatic hydroxyl groups excluding tert-OH is 1. The first-order valence-corrected chi connectivity index (χ1v) is 9.46. The van der Waals surface area contributed by atoms with E-state index in [0.717, 1.165) is 26.9 Å². The first-order chi connectivity index (χ1) is 12.9. The highest BCUT2D eigenvalue weighted by atomic mass is 32.1. The topological polar surface area (TPSA) is 63.8 Å². The van der Waals surface area contributed by atoms with E-state index in [0.29, 0.717) is 10.5 Å². The lowest BCUT2D eigenvalue weighted by atomic mass is 9.77. The van der Waals surface area contributed by atoms with Gasteiger partial charge in [-0.15, -0.1) is 11.3 Å². The molecule has 0 aromatic carbocycles. The third kappa shape index (κ3) is 2.89. The van der Waals surface area contributed by atoms with Crippen LogP contribution in [-0.2, 0) is 7.05 Å². The molecule has 1 N–H and O–H groups in total. The second-order valence-electron chi connectivity index (χ2n) is 7.15. The number of alkyl halides is 2. The van der Waals surface area contributed by atoms with E-state index in [1.807, 2.05) is 37.5 Å². The van der Waals surface area contributed by atoms with Crippen molar-refractivity contribution in [2.24, 2.45) is 13.0 Å². The Morgan fingerprint density at radius 3 is 2.85 bits per heavy atom. The summed E-state index contributed by atoms with van der Waals surface area (Å²) in [5.41, 5.74) is 2.34. The van der Waals surface area contributed by atoms with Crippen molar-refractivity contribution in [1.82, 2.24) is 19.7 Å². The Hall–Kier alpha value is -2.45. The molecule has 0 aliphatic heterocycles. The maximum absolute atomic E-state index is 13.1. The minimum atomic E-state index is -2.63. The summed E-state index contributed by atoms with van der Waals surface area (Å²) in [6.07, 6.45) is 2.28. The molecular formula is C19H16F2N4OS. The van der Waals surface area contributed by atoms with Crippen molar-refractivity contribution in [3.05, 3.63) is 41.5 Å². The number of aliphatic hydroxyl groups is 1. The molecule has 4 aromatic heterocycles. The van der Waals surface area contributed by atoms with Gasteiger partial charge in [0.05, 0.1) is 11.8 Å². The Morgan fingerprint density at radius 2 is 2.07 bits per heavy atom. The standard InChI is InChI=1S/C19H16F2N4OS/c1-25-9-12-4-11(8-22-17(12)24-25)14-3-2-10-5-15(27-18(10)23-14)16(26)13-6-19(20,21)7-13/h2-5,8-9,13,16,26H,6-7H2,1H3/t16-/m0/s1. The predicted octanol–water partition coefficient (Wildman–Crippen LogP) is 4.32. The summed E-state index contributed by atoms with van der Waals surface area (Å²) in [5, 5.41) is 16.5. The van der Waals surface area contributed by atoms with Gasteiger partial charge in [0.25, 0.3) is 0 Å². The molecule has 1 aliphatic rings. The van der Waals surface area contributed by atoms with Gasteiger partial charge in [-0.3, -0.25) is 4.68 Å². The number of pyridine rings is 2. The highest BCUT2D eigenvalue weighted by Gasteiger charge is 2.48. The average molecular weight is 386 g/mol. The summed E-state index contributed by atoms with van der Waals surface area (Å²) in [6, 6.07) is 7.68. The fraction of sp³-hybridized carbons (Fsp3) is 0.316. The Morgan fingerprint density at radius 1 is 1.26 bits per heavy atom. The van der Waals surface area contributed by atoms with Crippen LogP contribution in [0, 0.1) is 5.92 Å². The molecule has 27 heavy (non-hydrogen) atoms. The highest BCUT2D eigenvalue weighted by Crippen LogP contribution is 2.49. The maximum Gasteiger partial charge on any atom is 0.248 e. The van der Waals surface area contributed by atoms with Crippen LogP contribution in [0.25, 0.3) is 32.5 Å². The largest absolute Gasteiger partial charge is 0.387 e. The van der Waals surface area contributed by atoms with Crippen LogP contribution in [0.4, 0.5) is 8.78 Å². The fourth-order valence-corrected chi connectivity index (χ4v) is 4.69. The third-order valence-electron chi connectivity index (χ3n) is 5.03. The van der Waals surface area contributed by atoms with Crippen molar-refractivity contribution in [1.29, 1.82) is 0 Å². The Kier molecular flexibility index (Phi) is 3.57. The number of hydrogen-bond acceptors (Lipinski definition) is 5. The Bertz CT molecular complexity index is 1160. The molecule has 1 atom stereocenters. The molecule has 5 rings (SSSR count). The normalized spacial score (nSPS) is 18.1. The summed E-state index contributed by atoms with van der Waals surface area (Å²) >= 11 is 1.36. The molecule has 0 amide bonds. The zero-order chi connectivity index (χ0) is 18.8. The second kappa shape index (κ2) is 5.77. The van der Waals surface area contributed by atoms with E-state index in [2.05, 4.69) is 15.1 Å². The Labute approximate surface area is 157 Å². The number of hydrogen-bond donors (Lipinski definition) is 1. The molecule has 0 unspecified atom stereocenters. The van der Waals surface area contributed by atoms with Crippen molar-refractivity contribution in [2.45, 2.75) is 24.9 Å². The van der Waals surface area contributed by atoms with Crippen LogP contribution in [-0.4, -0.2) is 30.8 Å². The molecule has 1 aliphatic carbocycles. The molecular weight excluding hydrogens is 370 g/mol. The van der Waals surface area contributed by atoms with E-state index >= 15 is 0 Å². The molecule has 4 heterocycles. The van der Waals surface area contributed by atoms with Crippen molar-refractivity contribution in [2.75, 3.05) is 0 Å². The van der Waals surface area contributed by atoms with E-state index in [4.69, 9.17) is 0 Å². The number of fused-ring (bicyclic) bond motifs is 2. The Balaban J connectivity index is 1.47. The molecule has 4 aromatic rings. The van der Waals surface area contributed by atoms with E-state index in [1.54, 1.807) is 10.9 Å². The predicted molar refractivity (Wildman–Crippen MR) is 99.8 cm³/mol. The molecule has 5 nitrogen and oxygen atoms in total. The highest BCUT2D eigenvalue weighted by molar-refractivity contribution is 7.18. The van der Waals surface area contributed by atoms with Crippen LogP contribution in [0.1, 0.15) is 23.8 Å². The summed E-state index contributed by atoms with van der Waals surface area (Å²) in [5.74, 6) is -3.02. The van der Waals surface area contributed by atoms with Crippen molar-refractivity contribution in [3.8, 4) is 11.3 Å². The number of thiophene rings is 1. The van der Waals surface area contributed by atoms with Gasteiger partial charge in [0.15, 0.2) is 5.65 Å². The van der Waals surface area contributed by atoms with E-state index in [9.17, 15) is 13.9 Å². The molecule has 1 saturated carbocycles. The minimum Gasteiger partial charge on any atom is -0.387 e. The lowest BCUT2D eigenvalue weighted by molar-refractivity contribution is -0.141. The summed E-state index contributed by atoms with van der Waals surface area (Å²) in [4.78, 5) is 10.5. The van der Waals surface area contributed by atoms with Gasteiger partial charge in [0.2, 0.25) is 5.92 Å². The van der Waals surface area contributed by atoms with E-state index in [-0.39, 0.29) is 18.8 Å². The lowest BCUT2D eigenvalue weighted by Crippen LogP contribution is -2.38.